The average molecular weight is 371 g/mol. The molecule has 2 aromatic carbocycles. The van der Waals surface area contributed by atoms with Crippen molar-refractivity contribution in [1.29, 1.82) is 0 Å². The van der Waals surface area contributed by atoms with Crippen molar-refractivity contribution in [3.05, 3.63) is 68.2 Å². The Kier molecular flexibility index (Phi) is 5.20. The molecular formula is C15H13BrClNO3. The largest absolute Gasteiger partial charge is 0.496 e. The van der Waals surface area contributed by atoms with E-state index in [-0.39, 0.29) is 11.1 Å². The standard InChI is InChI=1S/C15H13BrClNO3/c1-21-15-9-11(16)4-7-13(15)14(17)8-10-2-5-12(6-3-10)18(19)20/h2-7,9,14H,8H2,1H3. The van der Waals surface area contributed by atoms with E-state index in [9.17, 15) is 10.1 Å². The first kappa shape index (κ1) is 15.8. The molecule has 0 saturated heterocycles. The summed E-state index contributed by atoms with van der Waals surface area (Å²) in [5, 5.41) is 10.4. The number of nitro benzene ring substituents is 1. The molecular weight excluding hydrogens is 358 g/mol. The molecule has 0 heterocycles. The van der Waals surface area contributed by atoms with Crippen LogP contribution in [0.3, 0.4) is 0 Å². The maximum absolute atomic E-state index is 10.6. The monoisotopic (exact) mass is 369 g/mol. The number of rotatable bonds is 5. The van der Waals surface area contributed by atoms with Crippen molar-refractivity contribution < 1.29 is 9.66 Å². The number of nitro groups is 1. The molecule has 110 valence electrons. The third-order valence-electron chi connectivity index (χ3n) is 3.10. The highest BCUT2D eigenvalue weighted by Crippen LogP contribution is 2.34. The van der Waals surface area contributed by atoms with Crippen LogP contribution in [0.15, 0.2) is 46.9 Å². The molecule has 0 N–H and O–H groups in total. The summed E-state index contributed by atoms with van der Waals surface area (Å²) < 4.78 is 6.25. The second-order valence-electron chi connectivity index (χ2n) is 4.48. The molecule has 0 amide bonds. The minimum absolute atomic E-state index is 0.0751. The molecule has 0 bridgehead atoms. The summed E-state index contributed by atoms with van der Waals surface area (Å²) in [5.41, 5.74) is 1.90. The van der Waals surface area contributed by atoms with Crippen LogP contribution in [0, 0.1) is 10.1 Å². The summed E-state index contributed by atoms with van der Waals surface area (Å²) in [5.74, 6) is 0.714. The summed E-state index contributed by atoms with van der Waals surface area (Å²) >= 11 is 9.84. The number of hydrogen-bond donors (Lipinski definition) is 0. The second-order valence-corrected chi connectivity index (χ2v) is 5.92. The van der Waals surface area contributed by atoms with Crippen molar-refractivity contribution in [2.45, 2.75) is 11.8 Å². The second kappa shape index (κ2) is 6.91. The van der Waals surface area contributed by atoms with E-state index in [4.69, 9.17) is 16.3 Å². The quantitative estimate of drug-likeness (QED) is 0.428. The fourth-order valence-corrected chi connectivity index (χ4v) is 2.71. The van der Waals surface area contributed by atoms with Crippen LogP contribution in [0.25, 0.3) is 0 Å². The predicted octanol–water partition coefficient (Wildman–Crippen LogP) is 4.89. The summed E-state index contributed by atoms with van der Waals surface area (Å²) in [6.07, 6.45) is 0.567. The number of benzene rings is 2. The van der Waals surface area contributed by atoms with E-state index >= 15 is 0 Å². The van der Waals surface area contributed by atoms with Crippen LogP contribution >= 0.6 is 27.5 Å². The highest BCUT2D eigenvalue weighted by Gasteiger charge is 2.15. The lowest BCUT2D eigenvalue weighted by molar-refractivity contribution is -0.384. The number of alkyl halides is 1. The van der Waals surface area contributed by atoms with Gasteiger partial charge in [0.2, 0.25) is 0 Å². The molecule has 0 spiro atoms. The van der Waals surface area contributed by atoms with E-state index in [1.807, 2.05) is 18.2 Å². The summed E-state index contributed by atoms with van der Waals surface area (Å²) in [4.78, 5) is 10.2. The molecule has 0 aromatic heterocycles. The van der Waals surface area contributed by atoms with Gasteiger partial charge in [-0.1, -0.05) is 34.1 Å². The number of hydrogen-bond acceptors (Lipinski definition) is 3. The van der Waals surface area contributed by atoms with E-state index in [0.717, 1.165) is 15.6 Å². The molecule has 0 aliphatic carbocycles. The summed E-state index contributed by atoms with van der Waals surface area (Å²) in [6.45, 7) is 0. The molecule has 0 radical (unpaired) electrons. The predicted molar refractivity (Wildman–Crippen MR) is 86.1 cm³/mol. The first-order valence-electron chi connectivity index (χ1n) is 6.22. The zero-order valence-electron chi connectivity index (χ0n) is 11.3. The van der Waals surface area contributed by atoms with Crippen LogP contribution < -0.4 is 4.74 Å². The minimum Gasteiger partial charge on any atom is -0.496 e. The summed E-state index contributed by atoms with van der Waals surface area (Å²) in [6, 6.07) is 12.1. The van der Waals surface area contributed by atoms with Crippen LogP contribution in [0.5, 0.6) is 5.75 Å². The Labute approximate surface area is 136 Å². The topological polar surface area (TPSA) is 52.4 Å². The Bertz CT molecular complexity index is 646. The molecule has 1 atom stereocenters. The number of halogens is 2. The van der Waals surface area contributed by atoms with E-state index in [0.29, 0.717) is 12.2 Å². The Hall–Kier alpha value is -1.59. The van der Waals surface area contributed by atoms with E-state index < -0.39 is 4.92 Å². The average Bonchev–Trinajstić information content (AvgIpc) is 2.47. The molecule has 2 aromatic rings. The van der Waals surface area contributed by atoms with Crippen LogP contribution in [-0.2, 0) is 6.42 Å². The van der Waals surface area contributed by atoms with Gasteiger partial charge < -0.3 is 4.74 Å². The van der Waals surface area contributed by atoms with Crippen molar-refractivity contribution in [1.82, 2.24) is 0 Å². The lowest BCUT2D eigenvalue weighted by Gasteiger charge is -2.14. The van der Waals surface area contributed by atoms with Gasteiger partial charge in [0, 0.05) is 22.2 Å². The van der Waals surface area contributed by atoms with E-state index in [1.165, 1.54) is 12.1 Å². The number of non-ortho nitro benzene ring substituents is 1. The SMILES string of the molecule is COc1cc(Br)ccc1C(Cl)Cc1ccc([N+](=O)[O-])cc1. The minimum atomic E-state index is -0.417. The molecule has 0 fully saturated rings. The lowest BCUT2D eigenvalue weighted by atomic mass is 10.0. The van der Waals surface area contributed by atoms with Crippen molar-refractivity contribution in [3.63, 3.8) is 0 Å². The molecule has 0 aliphatic rings. The van der Waals surface area contributed by atoms with Gasteiger partial charge in [-0.15, -0.1) is 11.6 Å². The van der Waals surface area contributed by atoms with E-state index in [2.05, 4.69) is 15.9 Å². The first-order chi connectivity index (χ1) is 10.0. The molecule has 0 aliphatic heterocycles. The van der Waals surface area contributed by atoms with Gasteiger partial charge >= 0.3 is 0 Å². The van der Waals surface area contributed by atoms with Crippen LogP contribution in [0.1, 0.15) is 16.5 Å². The lowest BCUT2D eigenvalue weighted by Crippen LogP contribution is -1.99. The van der Waals surface area contributed by atoms with E-state index in [1.54, 1.807) is 19.2 Å². The number of methoxy groups -OCH3 is 1. The number of nitrogens with zero attached hydrogens (tertiary/aromatic N) is 1. The molecule has 2 rings (SSSR count). The zero-order chi connectivity index (χ0) is 15.4. The van der Waals surface area contributed by atoms with Gasteiger partial charge in [0.15, 0.2) is 0 Å². The van der Waals surface area contributed by atoms with Gasteiger partial charge in [0.05, 0.1) is 17.4 Å². The third kappa shape index (κ3) is 3.95. The molecule has 6 heteroatoms. The van der Waals surface area contributed by atoms with Gasteiger partial charge in [0.25, 0.3) is 5.69 Å². The zero-order valence-corrected chi connectivity index (χ0v) is 13.6. The maximum Gasteiger partial charge on any atom is 0.269 e. The number of ether oxygens (including phenoxy) is 1. The Morgan fingerprint density at radius 2 is 1.95 bits per heavy atom. The van der Waals surface area contributed by atoms with Crippen LogP contribution in [0.4, 0.5) is 5.69 Å². The normalized spacial score (nSPS) is 12.0. The van der Waals surface area contributed by atoms with Crippen LogP contribution in [-0.4, -0.2) is 12.0 Å². The summed E-state index contributed by atoms with van der Waals surface area (Å²) in [7, 11) is 1.60. The molecule has 1 unspecified atom stereocenters. The molecule has 4 nitrogen and oxygen atoms in total. The fourth-order valence-electron chi connectivity index (χ4n) is 2.01. The highest BCUT2D eigenvalue weighted by molar-refractivity contribution is 9.10. The highest BCUT2D eigenvalue weighted by atomic mass is 79.9. The van der Waals surface area contributed by atoms with Crippen molar-refractivity contribution >= 4 is 33.2 Å². The van der Waals surface area contributed by atoms with Gasteiger partial charge in [-0.3, -0.25) is 10.1 Å². The van der Waals surface area contributed by atoms with Gasteiger partial charge in [0.1, 0.15) is 5.75 Å². The van der Waals surface area contributed by atoms with Crippen molar-refractivity contribution in [2.24, 2.45) is 0 Å². The Balaban J connectivity index is 2.17. The fraction of sp³-hybridized carbons (Fsp3) is 0.200. The van der Waals surface area contributed by atoms with Gasteiger partial charge in [-0.2, -0.15) is 0 Å². The third-order valence-corrected chi connectivity index (χ3v) is 3.98. The van der Waals surface area contributed by atoms with Crippen molar-refractivity contribution in [2.75, 3.05) is 7.11 Å². The smallest absolute Gasteiger partial charge is 0.269 e. The first-order valence-corrected chi connectivity index (χ1v) is 7.45. The Morgan fingerprint density at radius 3 is 2.52 bits per heavy atom. The molecule has 0 saturated carbocycles. The van der Waals surface area contributed by atoms with Gasteiger partial charge in [-0.25, -0.2) is 0 Å². The van der Waals surface area contributed by atoms with Gasteiger partial charge in [-0.05, 0) is 24.1 Å². The van der Waals surface area contributed by atoms with Crippen LogP contribution in [0.2, 0.25) is 0 Å². The van der Waals surface area contributed by atoms with Crippen molar-refractivity contribution in [3.8, 4) is 5.75 Å². The maximum atomic E-state index is 10.6. The Morgan fingerprint density at radius 1 is 1.29 bits per heavy atom. The molecule has 21 heavy (non-hydrogen) atoms.